The highest BCUT2D eigenvalue weighted by Gasteiger charge is 2.30. The van der Waals surface area contributed by atoms with E-state index in [1.54, 1.807) is 20.0 Å². The monoisotopic (exact) mass is 438 g/mol. The third kappa shape index (κ3) is 8.75. The number of H-pyrrole nitrogens is 1. The fourth-order valence-electron chi connectivity index (χ4n) is 2.88. The molecule has 0 aliphatic heterocycles. The Morgan fingerprint density at radius 3 is 2.16 bits per heavy atom. The molecule has 11 heteroatoms. The zero-order valence-corrected chi connectivity index (χ0v) is 18.6. The lowest BCUT2D eigenvalue weighted by atomic mass is 10.00. The first-order chi connectivity index (χ1) is 14.4. The van der Waals surface area contributed by atoms with Crippen LogP contribution in [0, 0.1) is 11.8 Å². The smallest absolute Gasteiger partial charge is 0.326 e. The van der Waals surface area contributed by atoms with Crippen molar-refractivity contribution in [2.75, 3.05) is 0 Å². The van der Waals surface area contributed by atoms with E-state index >= 15 is 0 Å². The molecule has 0 aromatic carbocycles. The molecule has 1 aromatic heterocycles. The molecule has 31 heavy (non-hydrogen) atoms. The largest absolute Gasteiger partial charge is 0.480 e. The number of nitrogens with two attached hydrogens (primary N) is 1. The second-order valence-electron chi connectivity index (χ2n) is 8.38. The summed E-state index contributed by atoms with van der Waals surface area (Å²) in [5.74, 6) is -3.07. The van der Waals surface area contributed by atoms with Gasteiger partial charge >= 0.3 is 5.97 Å². The highest BCUT2D eigenvalue weighted by atomic mass is 16.4. The first-order valence-electron chi connectivity index (χ1n) is 10.3. The van der Waals surface area contributed by atoms with Crippen LogP contribution >= 0.6 is 0 Å². The van der Waals surface area contributed by atoms with Gasteiger partial charge in [-0.3, -0.25) is 14.4 Å². The lowest BCUT2D eigenvalue weighted by molar-refractivity contribution is -0.143. The fourth-order valence-corrected chi connectivity index (χ4v) is 2.88. The molecule has 0 aliphatic rings. The molecule has 0 spiro atoms. The molecule has 0 bridgehead atoms. The van der Waals surface area contributed by atoms with Crippen LogP contribution in [-0.2, 0) is 25.6 Å². The minimum atomic E-state index is -1.14. The molecule has 4 atom stereocenters. The van der Waals surface area contributed by atoms with Gasteiger partial charge in [0.05, 0.1) is 12.4 Å². The molecule has 3 amide bonds. The van der Waals surface area contributed by atoms with Crippen LogP contribution in [0.3, 0.4) is 0 Å². The molecule has 1 aromatic rings. The number of carboxylic acids is 1. The zero-order valence-electron chi connectivity index (χ0n) is 18.6. The van der Waals surface area contributed by atoms with Crippen molar-refractivity contribution in [1.29, 1.82) is 0 Å². The summed E-state index contributed by atoms with van der Waals surface area (Å²) in [5, 5.41) is 16.9. The Balaban J connectivity index is 2.69. The number of aromatic amines is 1. The van der Waals surface area contributed by atoms with Crippen LogP contribution in [0.5, 0.6) is 0 Å². The maximum atomic E-state index is 12.6. The van der Waals surface area contributed by atoms with Crippen molar-refractivity contribution in [3.63, 3.8) is 0 Å². The molecule has 7 N–H and O–H groups in total. The van der Waals surface area contributed by atoms with Crippen molar-refractivity contribution in [2.24, 2.45) is 17.6 Å². The number of nitrogens with zero attached hydrogens (tertiary/aromatic N) is 1. The van der Waals surface area contributed by atoms with E-state index in [2.05, 4.69) is 25.9 Å². The first-order valence-corrected chi connectivity index (χ1v) is 10.3. The third-order valence-electron chi connectivity index (χ3n) is 4.65. The summed E-state index contributed by atoms with van der Waals surface area (Å²) < 4.78 is 0. The molecular formula is C20H34N6O5. The van der Waals surface area contributed by atoms with Gasteiger partial charge in [-0.1, -0.05) is 27.7 Å². The molecule has 1 heterocycles. The van der Waals surface area contributed by atoms with E-state index < -0.39 is 47.9 Å². The van der Waals surface area contributed by atoms with Crippen molar-refractivity contribution in [3.05, 3.63) is 18.2 Å². The first kappa shape index (κ1) is 26.1. The van der Waals surface area contributed by atoms with Crippen LogP contribution in [0.4, 0.5) is 0 Å². The Morgan fingerprint density at radius 2 is 1.68 bits per heavy atom. The summed E-state index contributed by atoms with van der Waals surface area (Å²) in [6, 6.07) is -3.84. The minimum absolute atomic E-state index is 0.0645. The van der Waals surface area contributed by atoms with Crippen LogP contribution in [0.15, 0.2) is 12.5 Å². The number of imidazole rings is 1. The molecule has 0 radical (unpaired) electrons. The van der Waals surface area contributed by atoms with Gasteiger partial charge in [-0.2, -0.15) is 0 Å². The maximum Gasteiger partial charge on any atom is 0.326 e. The van der Waals surface area contributed by atoms with E-state index in [0.717, 1.165) is 0 Å². The molecule has 0 saturated carbocycles. The van der Waals surface area contributed by atoms with Crippen molar-refractivity contribution in [2.45, 2.75) is 71.6 Å². The molecule has 4 unspecified atom stereocenters. The lowest BCUT2D eigenvalue weighted by Crippen LogP contribution is -2.58. The van der Waals surface area contributed by atoms with Crippen LogP contribution in [-0.4, -0.2) is 62.9 Å². The van der Waals surface area contributed by atoms with Gasteiger partial charge in [-0.15, -0.1) is 0 Å². The summed E-state index contributed by atoms with van der Waals surface area (Å²) in [4.78, 5) is 55.6. The van der Waals surface area contributed by atoms with E-state index in [4.69, 9.17) is 5.73 Å². The predicted octanol–water partition coefficient (Wildman–Crippen LogP) is -0.459. The molecular weight excluding hydrogens is 404 g/mol. The minimum Gasteiger partial charge on any atom is -0.480 e. The van der Waals surface area contributed by atoms with Gasteiger partial charge in [0.15, 0.2) is 0 Å². The number of aliphatic carboxylic acids is 1. The van der Waals surface area contributed by atoms with Crippen molar-refractivity contribution >= 4 is 23.7 Å². The number of nitrogens with one attached hydrogen (secondary N) is 4. The van der Waals surface area contributed by atoms with E-state index in [0.29, 0.717) is 5.69 Å². The lowest BCUT2D eigenvalue weighted by Gasteiger charge is -2.26. The van der Waals surface area contributed by atoms with E-state index in [1.807, 2.05) is 13.8 Å². The molecule has 11 nitrogen and oxygen atoms in total. The summed E-state index contributed by atoms with van der Waals surface area (Å²) >= 11 is 0. The molecule has 0 fully saturated rings. The molecule has 174 valence electrons. The van der Waals surface area contributed by atoms with Crippen LogP contribution in [0.25, 0.3) is 0 Å². The van der Waals surface area contributed by atoms with Crippen molar-refractivity contribution < 1.29 is 24.3 Å². The molecule has 1 rings (SSSR count). The number of rotatable bonds is 12. The zero-order chi connectivity index (χ0) is 23.7. The fraction of sp³-hybridized carbons (Fsp3) is 0.650. The Labute approximate surface area is 181 Å². The number of carbonyl (C=O) groups excluding carboxylic acids is 3. The van der Waals surface area contributed by atoms with Crippen LogP contribution < -0.4 is 21.7 Å². The van der Waals surface area contributed by atoms with Gasteiger partial charge in [0, 0.05) is 18.3 Å². The van der Waals surface area contributed by atoms with Gasteiger partial charge in [0.1, 0.15) is 18.1 Å². The van der Waals surface area contributed by atoms with Gasteiger partial charge in [-0.05, 0) is 25.2 Å². The Bertz CT molecular complexity index is 749. The normalized spacial score (nSPS) is 15.1. The second-order valence-corrected chi connectivity index (χ2v) is 8.38. The summed E-state index contributed by atoms with van der Waals surface area (Å²) in [5.41, 5.74) is 6.55. The standard InChI is InChI=1S/C20H34N6O5/c1-10(2)6-15(20(30)31)25-19(29)16(11(3)4)26-17(27)12(5)24-18(28)14(21)7-13-8-22-9-23-13/h8-12,14-16H,6-7,21H2,1-5H3,(H,22,23)(H,24,28)(H,25,29)(H,26,27)(H,30,31). The average molecular weight is 439 g/mol. The van der Waals surface area contributed by atoms with Gasteiger partial charge in [0.25, 0.3) is 0 Å². The third-order valence-corrected chi connectivity index (χ3v) is 4.65. The molecule has 0 aliphatic carbocycles. The number of amides is 3. The highest BCUT2D eigenvalue weighted by Crippen LogP contribution is 2.08. The number of hydrogen-bond acceptors (Lipinski definition) is 6. The van der Waals surface area contributed by atoms with Crippen molar-refractivity contribution in [1.82, 2.24) is 25.9 Å². The highest BCUT2D eigenvalue weighted by molar-refractivity contribution is 5.94. The number of carbonyl (C=O) groups is 4. The summed E-state index contributed by atoms with van der Waals surface area (Å²) in [6.07, 6.45) is 3.52. The van der Waals surface area contributed by atoms with E-state index in [1.165, 1.54) is 13.3 Å². The van der Waals surface area contributed by atoms with Gasteiger partial charge < -0.3 is 31.8 Å². The topological polar surface area (TPSA) is 179 Å². The summed E-state index contributed by atoms with van der Waals surface area (Å²) in [7, 11) is 0. The van der Waals surface area contributed by atoms with Crippen LogP contribution in [0.1, 0.15) is 46.7 Å². The second kappa shape index (κ2) is 12.0. The Kier molecular flexibility index (Phi) is 10.1. The Morgan fingerprint density at radius 1 is 1.03 bits per heavy atom. The average Bonchev–Trinajstić information content (AvgIpc) is 3.17. The predicted molar refractivity (Wildman–Crippen MR) is 114 cm³/mol. The van der Waals surface area contributed by atoms with Crippen molar-refractivity contribution in [3.8, 4) is 0 Å². The summed E-state index contributed by atoms with van der Waals surface area (Å²) in [6.45, 7) is 8.64. The molecule has 0 saturated heterocycles. The van der Waals surface area contributed by atoms with Gasteiger partial charge in [0.2, 0.25) is 17.7 Å². The van der Waals surface area contributed by atoms with E-state index in [9.17, 15) is 24.3 Å². The van der Waals surface area contributed by atoms with Crippen LogP contribution in [0.2, 0.25) is 0 Å². The number of hydrogen-bond donors (Lipinski definition) is 6. The van der Waals surface area contributed by atoms with Gasteiger partial charge in [-0.25, -0.2) is 9.78 Å². The Hall–Kier alpha value is -2.95. The number of carboxylic acid groups (broad SMARTS) is 1. The maximum absolute atomic E-state index is 12.6. The quantitative estimate of drug-likeness (QED) is 0.255. The SMILES string of the molecule is CC(C)CC(NC(=O)C(NC(=O)C(C)NC(=O)C(N)Cc1cnc[nH]1)C(C)C)C(=O)O. The number of aromatic nitrogens is 2. The van der Waals surface area contributed by atoms with E-state index in [-0.39, 0.29) is 24.7 Å².